The Morgan fingerprint density at radius 3 is 2.67 bits per heavy atom. The summed E-state index contributed by atoms with van der Waals surface area (Å²) < 4.78 is 0. The summed E-state index contributed by atoms with van der Waals surface area (Å²) in [6.45, 7) is 2.34. The van der Waals surface area contributed by atoms with Gasteiger partial charge in [-0.05, 0) is 38.1 Å². The Morgan fingerprint density at radius 1 is 1.58 bits per heavy atom. The van der Waals surface area contributed by atoms with Crippen molar-refractivity contribution in [2.45, 2.75) is 38.6 Å². The summed E-state index contributed by atoms with van der Waals surface area (Å²) in [5, 5.41) is 3.36. The van der Waals surface area contributed by atoms with Gasteiger partial charge in [0.2, 0.25) is 0 Å². The lowest BCUT2D eigenvalue weighted by Crippen LogP contribution is -2.32. The van der Waals surface area contributed by atoms with Crippen molar-refractivity contribution in [2.75, 3.05) is 7.05 Å². The van der Waals surface area contributed by atoms with Crippen LogP contribution in [0.25, 0.3) is 0 Å². The first-order valence-corrected chi connectivity index (χ1v) is 4.90. The molecule has 2 unspecified atom stereocenters. The Hall–Kier alpha value is -0.480. The van der Waals surface area contributed by atoms with Gasteiger partial charge in [0, 0.05) is 12.5 Å². The molecular weight excluding hydrogens is 146 g/mol. The molecule has 1 aliphatic rings. The van der Waals surface area contributed by atoms with Crippen molar-refractivity contribution in [3.8, 4) is 12.3 Å². The van der Waals surface area contributed by atoms with E-state index in [1.165, 1.54) is 12.8 Å². The number of hydrogen-bond donors (Lipinski definition) is 1. The Kier molecular flexibility index (Phi) is 3.62. The molecule has 1 heteroatoms. The predicted molar refractivity (Wildman–Crippen MR) is 52.8 cm³/mol. The Labute approximate surface area is 75.9 Å². The van der Waals surface area contributed by atoms with Crippen molar-refractivity contribution >= 4 is 0 Å². The molecule has 1 aliphatic carbocycles. The molecule has 0 bridgehead atoms. The first-order chi connectivity index (χ1) is 5.79. The van der Waals surface area contributed by atoms with Crippen LogP contribution in [0.4, 0.5) is 0 Å². The lowest BCUT2D eigenvalue weighted by Gasteiger charge is -2.22. The molecule has 0 amide bonds. The van der Waals surface area contributed by atoms with E-state index in [4.69, 9.17) is 6.42 Å². The monoisotopic (exact) mass is 165 g/mol. The van der Waals surface area contributed by atoms with Gasteiger partial charge in [0.05, 0.1) is 0 Å². The van der Waals surface area contributed by atoms with Crippen molar-refractivity contribution in [1.29, 1.82) is 0 Å². The van der Waals surface area contributed by atoms with E-state index in [1.807, 2.05) is 7.05 Å². The maximum atomic E-state index is 5.25. The zero-order valence-electron chi connectivity index (χ0n) is 8.14. The number of rotatable bonds is 5. The van der Waals surface area contributed by atoms with Crippen molar-refractivity contribution < 1.29 is 0 Å². The highest BCUT2D eigenvalue weighted by atomic mass is 14.9. The van der Waals surface area contributed by atoms with E-state index in [0.717, 1.165) is 24.7 Å². The van der Waals surface area contributed by atoms with Crippen LogP contribution in [0, 0.1) is 24.2 Å². The maximum Gasteiger partial charge on any atom is 0.0101 e. The molecule has 0 aliphatic heterocycles. The minimum absolute atomic E-state index is 0.633. The molecular formula is C11H19N. The normalized spacial score (nSPS) is 21.4. The molecule has 1 nitrogen and oxygen atoms in total. The van der Waals surface area contributed by atoms with E-state index >= 15 is 0 Å². The number of hydrogen-bond acceptors (Lipinski definition) is 1. The molecule has 0 heterocycles. The van der Waals surface area contributed by atoms with Gasteiger partial charge in [-0.1, -0.05) is 6.92 Å². The summed E-state index contributed by atoms with van der Waals surface area (Å²) in [6.07, 6.45) is 10.1. The first-order valence-electron chi connectivity index (χ1n) is 4.90. The topological polar surface area (TPSA) is 12.0 Å². The summed E-state index contributed by atoms with van der Waals surface area (Å²) in [6, 6.07) is 0.633. The van der Waals surface area contributed by atoms with Gasteiger partial charge in [0.1, 0.15) is 0 Å². The van der Waals surface area contributed by atoms with E-state index in [2.05, 4.69) is 18.2 Å². The van der Waals surface area contributed by atoms with E-state index in [0.29, 0.717) is 6.04 Å². The second-order valence-corrected chi connectivity index (χ2v) is 3.83. The highest BCUT2D eigenvalue weighted by Crippen LogP contribution is 2.38. The summed E-state index contributed by atoms with van der Waals surface area (Å²) in [4.78, 5) is 0. The van der Waals surface area contributed by atoms with Gasteiger partial charge in [-0.2, -0.15) is 0 Å². The third-order valence-corrected chi connectivity index (χ3v) is 2.97. The van der Waals surface area contributed by atoms with Crippen LogP contribution in [-0.2, 0) is 0 Å². The molecule has 1 fully saturated rings. The highest BCUT2D eigenvalue weighted by Gasteiger charge is 2.32. The number of nitrogens with one attached hydrogen (secondary N) is 1. The zero-order valence-corrected chi connectivity index (χ0v) is 8.14. The van der Waals surface area contributed by atoms with Crippen LogP contribution < -0.4 is 5.32 Å². The van der Waals surface area contributed by atoms with Crippen LogP contribution in [0.5, 0.6) is 0 Å². The van der Waals surface area contributed by atoms with Gasteiger partial charge in [0.25, 0.3) is 0 Å². The van der Waals surface area contributed by atoms with Gasteiger partial charge >= 0.3 is 0 Å². The van der Waals surface area contributed by atoms with Crippen LogP contribution in [-0.4, -0.2) is 13.1 Å². The first kappa shape index (κ1) is 9.61. The van der Waals surface area contributed by atoms with E-state index in [9.17, 15) is 0 Å². The predicted octanol–water partition coefficient (Wildman–Crippen LogP) is 2.03. The Balaban J connectivity index is 2.27. The SMILES string of the molecule is C#CCCC(NC)C(C)C1CC1. The summed E-state index contributed by atoms with van der Waals surface area (Å²) in [5.41, 5.74) is 0. The van der Waals surface area contributed by atoms with Crippen LogP contribution in [0.2, 0.25) is 0 Å². The van der Waals surface area contributed by atoms with Crippen LogP contribution in [0.15, 0.2) is 0 Å². The van der Waals surface area contributed by atoms with Crippen molar-refractivity contribution in [3.63, 3.8) is 0 Å². The van der Waals surface area contributed by atoms with Gasteiger partial charge in [-0.15, -0.1) is 12.3 Å². The molecule has 0 saturated heterocycles. The average Bonchev–Trinajstić information content (AvgIpc) is 2.88. The Morgan fingerprint density at radius 2 is 2.25 bits per heavy atom. The lowest BCUT2D eigenvalue weighted by molar-refractivity contribution is 0.345. The second-order valence-electron chi connectivity index (χ2n) is 3.83. The van der Waals surface area contributed by atoms with E-state index < -0.39 is 0 Å². The van der Waals surface area contributed by atoms with Crippen LogP contribution in [0.3, 0.4) is 0 Å². The minimum atomic E-state index is 0.633. The van der Waals surface area contributed by atoms with Crippen molar-refractivity contribution in [1.82, 2.24) is 5.32 Å². The fourth-order valence-corrected chi connectivity index (χ4v) is 1.86. The molecule has 0 aromatic heterocycles. The summed E-state index contributed by atoms with van der Waals surface area (Å²) in [5.74, 6) is 4.49. The molecule has 1 saturated carbocycles. The highest BCUT2D eigenvalue weighted by molar-refractivity contribution is 4.90. The summed E-state index contributed by atoms with van der Waals surface area (Å²) in [7, 11) is 2.04. The molecule has 0 spiro atoms. The third kappa shape index (κ3) is 2.53. The molecule has 1 rings (SSSR count). The molecule has 2 atom stereocenters. The van der Waals surface area contributed by atoms with E-state index in [-0.39, 0.29) is 0 Å². The van der Waals surface area contributed by atoms with Crippen LogP contribution in [0.1, 0.15) is 32.6 Å². The third-order valence-electron chi connectivity index (χ3n) is 2.97. The quantitative estimate of drug-likeness (QED) is 0.615. The lowest BCUT2D eigenvalue weighted by atomic mass is 9.93. The van der Waals surface area contributed by atoms with E-state index in [1.54, 1.807) is 0 Å². The standard InChI is InChI=1S/C11H19N/c1-4-5-6-11(12-3)9(2)10-7-8-10/h1,9-12H,5-8H2,2-3H3. The van der Waals surface area contributed by atoms with Gasteiger partial charge in [-0.25, -0.2) is 0 Å². The molecule has 68 valence electrons. The minimum Gasteiger partial charge on any atom is -0.317 e. The fraction of sp³-hybridized carbons (Fsp3) is 0.818. The van der Waals surface area contributed by atoms with Gasteiger partial charge < -0.3 is 5.32 Å². The number of terminal acetylenes is 1. The second kappa shape index (κ2) is 4.52. The van der Waals surface area contributed by atoms with Crippen molar-refractivity contribution in [3.05, 3.63) is 0 Å². The zero-order chi connectivity index (χ0) is 8.97. The van der Waals surface area contributed by atoms with Gasteiger partial charge in [0.15, 0.2) is 0 Å². The fourth-order valence-electron chi connectivity index (χ4n) is 1.86. The smallest absolute Gasteiger partial charge is 0.0101 e. The molecule has 1 N–H and O–H groups in total. The van der Waals surface area contributed by atoms with Crippen molar-refractivity contribution in [2.24, 2.45) is 11.8 Å². The largest absolute Gasteiger partial charge is 0.317 e. The molecule has 0 aromatic carbocycles. The Bertz CT molecular complexity index is 164. The molecule has 0 aromatic rings. The maximum absolute atomic E-state index is 5.25. The molecule has 12 heavy (non-hydrogen) atoms. The molecule has 0 radical (unpaired) electrons. The van der Waals surface area contributed by atoms with Gasteiger partial charge in [-0.3, -0.25) is 0 Å². The van der Waals surface area contributed by atoms with Crippen LogP contribution >= 0.6 is 0 Å². The summed E-state index contributed by atoms with van der Waals surface area (Å²) >= 11 is 0. The average molecular weight is 165 g/mol.